The van der Waals surface area contributed by atoms with E-state index in [1.807, 2.05) is 0 Å². The number of hydrogen-bond acceptors (Lipinski definition) is 4. The average Bonchev–Trinajstić information content (AvgIpc) is 2.37. The van der Waals surface area contributed by atoms with E-state index in [1.165, 1.54) is 0 Å². The SMILES string of the molecule is CCC(NC(=O)CCOC1CCOCC1)C(=O)O. The number of hydrogen-bond donors (Lipinski definition) is 2. The Kier molecular flexibility index (Phi) is 6.67. The molecule has 18 heavy (non-hydrogen) atoms. The van der Waals surface area contributed by atoms with Crippen LogP contribution in [0.2, 0.25) is 0 Å². The molecule has 0 aromatic heterocycles. The minimum absolute atomic E-state index is 0.160. The predicted octanol–water partition coefficient (Wildman–Crippen LogP) is 0.552. The standard InChI is InChI=1S/C12H21NO5/c1-2-10(12(15)16)13-11(14)5-8-18-9-3-6-17-7-4-9/h9-10H,2-8H2,1H3,(H,13,14)(H,15,16). The van der Waals surface area contributed by atoms with Crippen molar-refractivity contribution in [1.29, 1.82) is 0 Å². The maximum atomic E-state index is 11.5. The molecule has 1 atom stereocenters. The maximum Gasteiger partial charge on any atom is 0.326 e. The fourth-order valence-electron chi connectivity index (χ4n) is 1.77. The van der Waals surface area contributed by atoms with E-state index in [9.17, 15) is 9.59 Å². The lowest BCUT2D eigenvalue weighted by Gasteiger charge is -2.22. The smallest absolute Gasteiger partial charge is 0.326 e. The van der Waals surface area contributed by atoms with Crippen molar-refractivity contribution in [3.05, 3.63) is 0 Å². The predicted molar refractivity (Wildman–Crippen MR) is 64.3 cm³/mol. The van der Waals surface area contributed by atoms with Crippen molar-refractivity contribution in [2.75, 3.05) is 19.8 Å². The lowest BCUT2D eigenvalue weighted by Crippen LogP contribution is -2.40. The summed E-state index contributed by atoms with van der Waals surface area (Å²) in [5, 5.41) is 11.3. The quantitative estimate of drug-likeness (QED) is 0.697. The number of amides is 1. The van der Waals surface area contributed by atoms with Gasteiger partial charge in [0.2, 0.25) is 5.91 Å². The Balaban J connectivity index is 2.14. The first-order valence-electron chi connectivity index (χ1n) is 6.35. The van der Waals surface area contributed by atoms with Gasteiger partial charge >= 0.3 is 5.97 Å². The van der Waals surface area contributed by atoms with Crippen LogP contribution in [-0.4, -0.2) is 48.9 Å². The van der Waals surface area contributed by atoms with Crippen molar-refractivity contribution < 1.29 is 24.2 Å². The monoisotopic (exact) mass is 259 g/mol. The van der Waals surface area contributed by atoms with Crippen LogP contribution in [0.5, 0.6) is 0 Å². The number of aliphatic carboxylic acids is 1. The fourth-order valence-corrected chi connectivity index (χ4v) is 1.77. The van der Waals surface area contributed by atoms with E-state index >= 15 is 0 Å². The number of carboxylic acid groups (broad SMARTS) is 1. The number of carbonyl (C=O) groups is 2. The van der Waals surface area contributed by atoms with Crippen LogP contribution in [0.1, 0.15) is 32.6 Å². The molecule has 1 heterocycles. The van der Waals surface area contributed by atoms with Crippen LogP contribution >= 0.6 is 0 Å². The van der Waals surface area contributed by atoms with Crippen molar-refractivity contribution >= 4 is 11.9 Å². The van der Waals surface area contributed by atoms with Gasteiger partial charge in [-0.25, -0.2) is 4.79 Å². The van der Waals surface area contributed by atoms with Crippen molar-refractivity contribution in [2.45, 2.75) is 44.8 Å². The Morgan fingerprint density at radius 2 is 2.11 bits per heavy atom. The maximum absolute atomic E-state index is 11.5. The zero-order valence-electron chi connectivity index (χ0n) is 10.7. The third-order valence-electron chi connectivity index (χ3n) is 2.89. The van der Waals surface area contributed by atoms with Gasteiger partial charge in [0.25, 0.3) is 0 Å². The molecule has 1 saturated heterocycles. The molecule has 1 fully saturated rings. The largest absolute Gasteiger partial charge is 0.480 e. The Morgan fingerprint density at radius 3 is 2.67 bits per heavy atom. The highest BCUT2D eigenvalue weighted by atomic mass is 16.5. The molecular weight excluding hydrogens is 238 g/mol. The number of carboxylic acids is 1. The lowest BCUT2D eigenvalue weighted by atomic mass is 10.1. The second kappa shape index (κ2) is 8.05. The van der Waals surface area contributed by atoms with Crippen LogP contribution in [0.4, 0.5) is 0 Å². The van der Waals surface area contributed by atoms with E-state index in [-0.39, 0.29) is 18.4 Å². The second-order valence-electron chi connectivity index (χ2n) is 4.30. The third kappa shape index (κ3) is 5.46. The van der Waals surface area contributed by atoms with Crippen LogP contribution < -0.4 is 5.32 Å². The summed E-state index contributed by atoms with van der Waals surface area (Å²) < 4.78 is 10.7. The molecule has 104 valence electrons. The first-order valence-corrected chi connectivity index (χ1v) is 6.35. The molecule has 6 nitrogen and oxygen atoms in total. The number of carbonyl (C=O) groups excluding carboxylic acids is 1. The summed E-state index contributed by atoms with van der Waals surface area (Å²) in [7, 11) is 0. The highest BCUT2D eigenvalue weighted by Crippen LogP contribution is 2.10. The topological polar surface area (TPSA) is 84.9 Å². The normalized spacial score (nSPS) is 18.3. The summed E-state index contributed by atoms with van der Waals surface area (Å²) in [6, 6.07) is -0.805. The second-order valence-corrected chi connectivity index (χ2v) is 4.30. The van der Waals surface area contributed by atoms with E-state index in [0.717, 1.165) is 12.8 Å². The summed E-state index contributed by atoms with van der Waals surface area (Å²) in [5.74, 6) is -1.28. The van der Waals surface area contributed by atoms with Crippen LogP contribution in [0.25, 0.3) is 0 Å². The van der Waals surface area contributed by atoms with E-state index in [4.69, 9.17) is 14.6 Å². The highest BCUT2D eigenvalue weighted by molar-refractivity contribution is 5.83. The third-order valence-corrected chi connectivity index (χ3v) is 2.89. The first-order chi connectivity index (χ1) is 8.63. The van der Waals surface area contributed by atoms with E-state index < -0.39 is 12.0 Å². The molecule has 1 unspecified atom stereocenters. The van der Waals surface area contributed by atoms with Gasteiger partial charge in [-0.1, -0.05) is 6.92 Å². The molecule has 0 saturated carbocycles. The van der Waals surface area contributed by atoms with Gasteiger partial charge < -0.3 is 19.9 Å². The molecule has 1 amide bonds. The Bertz CT molecular complexity index is 276. The molecule has 0 aromatic rings. The molecular formula is C12H21NO5. The number of ether oxygens (including phenoxy) is 2. The van der Waals surface area contributed by atoms with E-state index in [2.05, 4.69) is 5.32 Å². The first kappa shape index (κ1) is 14.9. The van der Waals surface area contributed by atoms with Gasteiger partial charge in [0.1, 0.15) is 6.04 Å². The van der Waals surface area contributed by atoms with Gasteiger partial charge in [0, 0.05) is 19.6 Å². The number of nitrogens with one attached hydrogen (secondary N) is 1. The van der Waals surface area contributed by atoms with Crippen molar-refractivity contribution in [2.24, 2.45) is 0 Å². The van der Waals surface area contributed by atoms with Crippen LogP contribution in [0, 0.1) is 0 Å². The Morgan fingerprint density at radius 1 is 1.44 bits per heavy atom. The van der Waals surface area contributed by atoms with Gasteiger partial charge in [-0.2, -0.15) is 0 Å². The summed E-state index contributed by atoms with van der Waals surface area (Å²) in [6.45, 7) is 3.45. The van der Waals surface area contributed by atoms with E-state index in [0.29, 0.717) is 26.2 Å². The minimum Gasteiger partial charge on any atom is -0.480 e. The van der Waals surface area contributed by atoms with Gasteiger partial charge in [-0.05, 0) is 19.3 Å². The van der Waals surface area contributed by atoms with Crippen molar-refractivity contribution in [3.8, 4) is 0 Å². The summed E-state index contributed by atoms with van der Waals surface area (Å²) >= 11 is 0. The summed E-state index contributed by atoms with van der Waals surface area (Å²) in [5.41, 5.74) is 0. The lowest BCUT2D eigenvalue weighted by molar-refractivity contribution is -0.142. The zero-order valence-corrected chi connectivity index (χ0v) is 10.7. The van der Waals surface area contributed by atoms with Gasteiger partial charge in [-0.3, -0.25) is 4.79 Å². The van der Waals surface area contributed by atoms with Crippen molar-refractivity contribution in [3.63, 3.8) is 0 Å². The molecule has 6 heteroatoms. The molecule has 1 aliphatic heterocycles. The minimum atomic E-state index is -1.00. The molecule has 1 rings (SSSR count). The molecule has 0 aliphatic carbocycles. The number of rotatable bonds is 7. The van der Waals surface area contributed by atoms with Crippen LogP contribution in [0.15, 0.2) is 0 Å². The highest BCUT2D eigenvalue weighted by Gasteiger charge is 2.18. The molecule has 0 spiro atoms. The fraction of sp³-hybridized carbons (Fsp3) is 0.833. The zero-order chi connectivity index (χ0) is 13.4. The molecule has 2 N–H and O–H groups in total. The van der Waals surface area contributed by atoms with Gasteiger partial charge in [0.05, 0.1) is 12.7 Å². The van der Waals surface area contributed by atoms with E-state index in [1.54, 1.807) is 6.92 Å². The van der Waals surface area contributed by atoms with Crippen LogP contribution in [0.3, 0.4) is 0 Å². The Labute approximate surface area is 107 Å². The van der Waals surface area contributed by atoms with Gasteiger partial charge in [0.15, 0.2) is 0 Å². The van der Waals surface area contributed by atoms with Crippen LogP contribution in [-0.2, 0) is 19.1 Å². The summed E-state index contributed by atoms with van der Waals surface area (Å²) in [4.78, 5) is 22.2. The molecule has 0 radical (unpaired) electrons. The van der Waals surface area contributed by atoms with Gasteiger partial charge in [-0.15, -0.1) is 0 Å². The van der Waals surface area contributed by atoms with Crippen molar-refractivity contribution in [1.82, 2.24) is 5.32 Å². The summed E-state index contributed by atoms with van der Waals surface area (Å²) in [6.07, 6.45) is 2.44. The molecule has 0 bridgehead atoms. The Hall–Kier alpha value is -1.14. The molecule has 0 aromatic carbocycles. The average molecular weight is 259 g/mol. The molecule has 1 aliphatic rings.